The van der Waals surface area contributed by atoms with Crippen molar-refractivity contribution in [3.8, 4) is 0 Å². The number of fused-ring (bicyclic) bond motifs is 1. The number of rotatable bonds is 4. The van der Waals surface area contributed by atoms with E-state index in [2.05, 4.69) is 22.5 Å². The normalized spacial score (nSPS) is 13.8. The van der Waals surface area contributed by atoms with Crippen LogP contribution in [0.2, 0.25) is 0 Å². The Morgan fingerprint density at radius 2 is 1.93 bits per heavy atom. The zero-order valence-corrected chi connectivity index (χ0v) is 17.5. The van der Waals surface area contributed by atoms with Crippen molar-refractivity contribution in [2.24, 2.45) is 0 Å². The molecular formula is C22H30N4O2. The number of anilines is 1. The van der Waals surface area contributed by atoms with E-state index in [1.54, 1.807) is 0 Å². The standard InChI is InChI=1S/C22H30N4O2/c1-6-15-11-9-10-14(2)17(15)24-21(28)19-23-18(20(27)25-22(3,4)5)16-12-7-8-13-26(16)19/h9-11H,6-8,12-13H2,1-5H3,(H,24,28)(H,25,27). The van der Waals surface area contributed by atoms with Gasteiger partial charge in [-0.3, -0.25) is 9.59 Å². The average Bonchev–Trinajstić information content (AvgIpc) is 3.02. The van der Waals surface area contributed by atoms with Crippen molar-refractivity contribution >= 4 is 17.5 Å². The number of hydrogen-bond donors (Lipinski definition) is 2. The molecule has 0 spiro atoms. The number of hydrogen-bond acceptors (Lipinski definition) is 3. The molecule has 0 saturated carbocycles. The summed E-state index contributed by atoms with van der Waals surface area (Å²) in [5.41, 5.74) is 3.82. The monoisotopic (exact) mass is 382 g/mol. The molecular weight excluding hydrogens is 352 g/mol. The minimum absolute atomic E-state index is 0.220. The zero-order valence-electron chi connectivity index (χ0n) is 17.5. The first-order valence-electron chi connectivity index (χ1n) is 10.0. The lowest BCUT2D eigenvalue weighted by atomic mass is 10.1. The molecule has 0 atom stereocenters. The van der Waals surface area contributed by atoms with Crippen molar-refractivity contribution in [1.29, 1.82) is 0 Å². The Labute approximate surface area is 166 Å². The fraction of sp³-hybridized carbons (Fsp3) is 0.500. The largest absolute Gasteiger partial charge is 0.346 e. The van der Waals surface area contributed by atoms with E-state index < -0.39 is 0 Å². The highest BCUT2D eigenvalue weighted by molar-refractivity contribution is 6.04. The highest BCUT2D eigenvalue weighted by Gasteiger charge is 2.29. The molecule has 0 bridgehead atoms. The maximum absolute atomic E-state index is 13.1. The molecule has 2 heterocycles. The second-order valence-corrected chi connectivity index (χ2v) is 8.46. The molecule has 2 amide bonds. The van der Waals surface area contributed by atoms with Gasteiger partial charge >= 0.3 is 0 Å². The van der Waals surface area contributed by atoms with Gasteiger partial charge in [-0.05, 0) is 64.5 Å². The van der Waals surface area contributed by atoms with Crippen LogP contribution >= 0.6 is 0 Å². The van der Waals surface area contributed by atoms with Crippen molar-refractivity contribution in [3.05, 3.63) is 46.5 Å². The van der Waals surface area contributed by atoms with Gasteiger partial charge in [-0.1, -0.05) is 25.1 Å². The number of para-hydroxylation sites is 1. The molecule has 2 N–H and O–H groups in total. The number of nitrogens with zero attached hydrogens (tertiary/aromatic N) is 2. The number of imidazole rings is 1. The third-order valence-corrected chi connectivity index (χ3v) is 5.00. The van der Waals surface area contributed by atoms with Crippen LogP contribution < -0.4 is 10.6 Å². The van der Waals surface area contributed by atoms with Gasteiger partial charge in [0.1, 0.15) is 5.69 Å². The van der Waals surface area contributed by atoms with E-state index in [0.717, 1.165) is 48.2 Å². The van der Waals surface area contributed by atoms with Crippen molar-refractivity contribution in [1.82, 2.24) is 14.9 Å². The molecule has 1 aromatic carbocycles. The van der Waals surface area contributed by atoms with Crippen molar-refractivity contribution in [2.75, 3.05) is 5.32 Å². The van der Waals surface area contributed by atoms with Crippen molar-refractivity contribution in [2.45, 2.75) is 72.4 Å². The third-order valence-electron chi connectivity index (χ3n) is 5.00. The Kier molecular flexibility index (Phi) is 5.59. The number of carbonyl (C=O) groups is 2. The molecule has 1 aliphatic rings. The highest BCUT2D eigenvalue weighted by atomic mass is 16.2. The second kappa shape index (κ2) is 7.78. The fourth-order valence-electron chi connectivity index (χ4n) is 3.67. The molecule has 28 heavy (non-hydrogen) atoms. The topological polar surface area (TPSA) is 76.0 Å². The maximum atomic E-state index is 13.1. The van der Waals surface area contributed by atoms with Crippen LogP contribution in [0.1, 0.15) is 78.5 Å². The minimum Gasteiger partial charge on any atom is -0.346 e. The van der Waals surface area contributed by atoms with Crippen molar-refractivity contribution < 1.29 is 9.59 Å². The van der Waals surface area contributed by atoms with E-state index in [0.29, 0.717) is 18.1 Å². The molecule has 6 nitrogen and oxygen atoms in total. The average molecular weight is 383 g/mol. The molecule has 2 aromatic rings. The SMILES string of the molecule is CCc1cccc(C)c1NC(=O)c1nc(C(=O)NC(C)(C)C)c2n1CCCC2. The predicted octanol–water partition coefficient (Wildman–Crippen LogP) is 3.87. The molecule has 150 valence electrons. The van der Waals surface area contributed by atoms with Gasteiger partial charge in [0, 0.05) is 17.8 Å². The Morgan fingerprint density at radius 1 is 1.18 bits per heavy atom. The summed E-state index contributed by atoms with van der Waals surface area (Å²) in [4.78, 5) is 30.4. The van der Waals surface area contributed by atoms with Crippen molar-refractivity contribution in [3.63, 3.8) is 0 Å². The van der Waals surface area contributed by atoms with Crippen LogP contribution in [-0.2, 0) is 19.4 Å². The first-order chi connectivity index (χ1) is 13.2. The van der Waals surface area contributed by atoms with Crippen LogP contribution in [-0.4, -0.2) is 26.9 Å². The molecule has 3 rings (SSSR count). The fourth-order valence-corrected chi connectivity index (χ4v) is 3.67. The van der Waals surface area contributed by atoms with E-state index >= 15 is 0 Å². The Balaban J connectivity index is 1.96. The summed E-state index contributed by atoms with van der Waals surface area (Å²) in [7, 11) is 0. The highest BCUT2D eigenvalue weighted by Crippen LogP contribution is 2.25. The minimum atomic E-state index is -0.359. The van der Waals surface area contributed by atoms with Crippen LogP contribution in [0.15, 0.2) is 18.2 Å². The first kappa shape index (κ1) is 20.1. The van der Waals surface area contributed by atoms with E-state index in [1.807, 2.05) is 50.5 Å². The molecule has 0 aliphatic carbocycles. The second-order valence-electron chi connectivity index (χ2n) is 8.46. The number of amides is 2. The van der Waals surface area contributed by atoms with Crippen LogP contribution in [0.25, 0.3) is 0 Å². The van der Waals surface area contributed by atoms with Gasteiger partial charge in [0.05, 0.1) is 5.69 Å². The zero-order chi connectivity index (χ0) is 20.5. The summed E-state index contributed by atoms with van der Waals surface area (Å²) < 4.78 is 1.92. The molecule has 1 aromatic heterocycles. The van der Waals surface area contributed by atoms with Gasteiger partial charge in [0.25, 0.3) is 11.8 Å². The van der Waals surface area contributed by atoms with E-state index in [-0.39, 0.29) is 17.4 Å². The summed E-state index contributed by atoms with van der Waals surface area (Å²) in [5, 5.41) is 6.01. The Bertz CT molecular complexity index is 906. The molecule has 6 heteroatoms. The quantitative estimate of drug-likeness (QED) is 0.843. The molecule has 0 radical (unpaired) electrons. The van der Waals surface area contributed by atoms with E-state index in [4.69, 9.17) is 0 Å². The van der Waals surface area contributed by atoms with Gasteiger partial charge in [0.2, 0.25) is 0 Å². The first-order valence-corrected chi connectivity index (χ1v) is 10.0. The number of aryl methyl sites for hydroxylation is 2. The number of aromatic nitrogens is 2. The molecule has 0 saturated heterocycles. The lowest BCUT2D eigenvalue weighted by Crippen LogP contribution is -2.41. The van der Waals surface area contributed by atoms with Gasteiger partial charge < -0.3 is 15.2 Å². The summed E-state index contributed by atoms with van der Waals surface area (Å²) in [6.45, 7) is 10.6. The predicted molar refractivity (Wildman–Crippen MR) is 111 cm³/mol. The summed E-state index contributed by atoms with van der Waals surface area (Å²) in [6, 6.07) is 6.00. The summed E-state index contributed by atoms with van der Waals surface area (Å²) >= 11 is 0. The summed E-state index contributed by atoms with van der Waals surface area (Å²) in [5.74, 6) is -0.164. The Hall–Kier alpha value is -2.63. The molecule has 0 fully saturated rings. The van der Waals surface area contributed by atoms with E-state index in [9.17, 15) is 9.59 Å². The van der Waals surface area contributed by atoms with Gasteiger partial charge in [-0.25, -0.2) is 4.98 Å². The van der Waals surface area contributed by atoms with E-state index in [1.165, 1.54) is 0 Å². The lowest BCUT2D eigenvalue weighted by molar-refractivity contribution is 0.0913. The number of benzene rings is 1. The smallest absolute Gasteiger partial charge is 0.291 e. The van der Waals surface area contributed by atoms with Crippen LogP contribution in [0.4, 0.5) is 5.69 Å². The van der Waals surface area contributed by atoms with Crippen LogP contribution in [0, 0.1) is 6.92 Å². The summed E-state index contributed by atoms with van der Waals surface area (Å²) in [6.07, 6.45) is 3.57. The van der Waals surface area contributed by atoms with Gasteiger partial charge in [0.15, 0.2) is 5.82 Å². The van der Waals surface area contributed by atoms with Gasteiger partial charge in [-0.15, -0.1) is 0 Å². The van der Waals surface area contributed by atoms with Crippen LogP contribution in [0.5, 0.6) is 0 Å². The third kappa shape index (κ3) is 4.11. The van der Waals surface area contributed by atoms with Gasteiger partial charge in [-0.2, -0.15) is 0 Å². The number of nitrogens with one attached hydrogen (secondary N) is 2. The maximum Gasteiger partial charge on any atom is 0.291 e. The molecule has 1 aliphatic heterocycles. The molecule has 0 unspecified atom stereocenters. The Morgan fingerprint density at radius 3 is 2.61 bits per heavy atom. The lowest BCUT2D eigenvalue weighted by Gasteiger charge is -2.21. The number of carbonyl (C=O) groups excluding carboxylic acids is 2. The van der Waals surface area contributed by atoms with Crippen LogP contribution in [0.3, 0.4) is 0 Å².